The fourth-order valence-corrected chi connectivity index (χ4v) is 2.95. The van der Waals surface area contributed by atoms with Crippen LogP contribution in [0.25, 0.3) is 0 Å². The number of nitriles is 1. The number of aromatic nitrogens is 1. The summed E-state index contributed by atoms with van der Waals surface area (Å²) in [6, 6.07) is 10.9. The molecule has 0 aliphatic carbocycles. The summed E-state index contributed by atoms with van der Waals surface area (Å²) in [6.45, 7) is 0.208. The van der Waals surface area contributed by atoms with Gasteiger partial charge in [-0.2, -0.15) is 5.26 Å². The Morgan fingerprint density at radius 2 is 2.28 bits per heavy atom. The Kier molecular flexibility index (Phi) is 4.91. The monoisotopic (exact) mass is 340 g/mol. The zero-order valence-corrected chi connectivity index (χ0v) is 13.4. The van der Waals surface area contributed by atoms with Crippen LogP contribution >= 0.6 is 0 Å². The van der Waals surface area contributed by atoms with Gasteiger partial charge in [0.1, 0.15) is 17.7 Å². The smallest absolute Gasteiger partial charge is 0.242 e. The van der Waals surface area contributed by atoms with Crippen molar-refractivity contribution in [1.82, 2.24) is 9.88 Å². The Labute approximate surface area is 144 Å². The van der Waals surface area contributed by atoms with E-state index in [-0.39, 0.29) is 30.9 Å². The molecule has 0 bridgehead atoms. The van der Waals surface area contributed by atoms with Crippen LogP contribution in [-0.2, 0) is 4.79 Å². The van der Waals surface area contributed by atoms with Crippen LogP contribution < -0.4 is 5.32 Å². The number of aliphatic hydroxyl groups excluding tert-OH is 1. The van der Waals surface area contributed by atoms with Gasteiger partial charge in [0.05, 0.1) is 24.3 Å². The lowest BCUT2D eigenvalue weighted by Crippen LogP contribution is -2.36. The average Bonchev–Trinajstić information content (AvgIpc) is 3.02. The van der Waals surface area contributed by atoms with Gasteiger partial charge in [-0.1, -0.05) is 12.1 Å². The number of anilines is 1. The molecule has 0 unspecified atom stereocenters. The minimum Gasteiger partial charge on any atom is -0.391 e. The van der Waals surface area contributed by atoms with Crippen molar-refractivity contribution in [2.24, 2.45) is 0 Å². The Morgan fingerprint density at radius 3 is 2.96 bits per heavy atom. The molecule has 2 atom stereocenters. The van der Waals surface area contributed by atoms with E-state index >= 15 is 0 Å². The number of pyridine rings is 1. The molecule has 1 aromatic heterocycles. The number of benzene rings is 1. The van der Waals surface area contributed by atoms with Crippen LogP contribution in [0.5, 0.6) is 0 Å². The van der Waals surface area contributed by atoms with Crippen molar-refractivity contribution in [3.63, 3.8) is 0 Å². The highest BCUT2D eigenvalue weighted by atomic mass is 19.1. The number of amides is 1. The molecule has 0 spiro atoms. The quantitative estimate of drug-likeness (QED) is 0.886. The zero-order chi connectivity index (χ0) is 17.8. The predicted octanol–water partition coefficient (Wildman–Crippen LogP) is 1.84. The molecule has 1 aliphatic heterocycles. The van der Waals surface area contributed by atoms with Gasteiger partial charge >= 0.3 is 0 Å². The Hall–Kier alpha value is -2.98. The second kappa shape index (κ2) is 7.28. The molecule has 7 heteroatoms. The third-order valence-corrected chi connectivity index (χ3v) is 4.15. The first-order chi connectivity index (χ1) is 12.1. The number of hydrogen-bond donors (Lipinski definition) is 2. The second-order valence-corrected chi connectivity index (χ2v) is 5.90. The van der Waals surface area contributed by atoms with Gasteiger partial charge in [-0.05, 0) is 36.2 Å². The van der Waals surface area contributed by atoms with Crippen molar-refractivity contribution in [2.45, 2.75) is 18.6 Å². The minimum atomic E-state index is -0.634. The van der Waals surface area contributed by atoms with E-state index in [0.29, 0.717) is 23.4 Å². The first kappa shape index (κ1) is 16.9. The number of hydrogen-bond acceptors (Lipinski definition) is 5. The molecule has 3 rings (SSSR count). The lowest BCUT2D eigenvalue weighted by Gasteiger charge is -2.25. The molecule has 1 aromatic carbocycles. The van der Waals surface area contributed by atoms with E-state index in [0.717, 1.165) is 0 Å². The van der Waals surface area contributed by atoms with Gasteiger partial charge in [0.2, 0.25) is 5.91 Å². The molecule has 1 saturated heterocycles. The number of β-amino-alcohol motifs (C(OH)–C–C–N with tert-alkyl or cyclic N) is 1. The van der Waals surface area contributed by atoms with E-state index in [9.17, 15) is 14.3 Å². The van der Waals surface area contributed by atoms with Gasteiger partial charge in [0, 0.05) is 12.7 Å². The Morgan fingerprint density at radius 1 is 1.44 bits per heavy atom. The summed E-state index contributed by atoms with van der Waals surface area (Å²) in [4.78, 5) is 18.1. The molecule has 0 saturated carbocycles. The summed E-state index contributed by atoms with van der Waals surface area (Å²) in [5.41, 5.74) is 1.10. The van der Waals surface area contributed by atoms with Crippen LogP contribution in [0.1, 0.15) is 23.6 Å². The number of carbonyl (C=O) groups is 1. The normalized spacial score (nSPS) is 19.5. The highest BCUT2D eigenvalue weighted by Crippen LogP contribution is 2.32. The summed E-state index contributed by atoms with van der Waals surface area (Å²) in [7, 11) is 0. The van der Waals surface area contributed by atoms with Gasteiger partial charge in [0.25, 0.3) is 0 Å². The maximum absolute atomic E-state index is 13.5. The number of nitrogens with one attached hydrogen (secondary N) is 1. The number of carbonyl (C=O) groups excluding carboxylic acids is 1. The van der Waals surface area contributed by atoms with Crippen molar-refractivity contribution >= 4 is 11.7 Å². The van der Waals surface area contributed by atoms with Crippen molar-refractivity contribution in [1.29, 1.82) is 5.26 Å². The molecule has 2 heterocycles. The van der Waals surface area contributed by atoms with Gasteiger partial charge in [0.15, 0.2) is 0 Å². The fraction of sp³-hybridized carbons (Fsp3) is 0.278. The second-order valence-electron chi connectivity index (χ2n) is 5.90. The van der Waals surface area contributed by atoms with Crippen molar-refractivity contribution < 1.29 is 14.3 Å². The molecule has 2 aromatic rings. The predicted molar refractivity (Wildman–Crippen MR) is 88.9 cm³/mol. The maximum atomic E-state index is 13.5. The topological polar surface area (TPSA) is 89.2 Å². The van der Waals surface area contributed by atoms with Crippen molar-refractivity contribution in [2.75, 3.05) is 18.4 Å². The maximum Gasteiger partial charge on any atom is 0.242 e. The lowest BCUT2D eigenvalue weighted by molar-refractivity contribution is -0.130. The van der Waals surface area contributed by atoms with Crippen LogP contribution in [0, 0.1) is 17.1 Å². The molecular formula is C18H17FN4O2. The first-order valence-corrected chi connectivity index (χ1v) is 7.90. The van der Waals surface area contributed by atoms with Crippen LogP contribution in [0.15, 0.2) is 42.6 Å². The molecule has 1 amide bonds. The van der Waals surface area contributed by atoms with Gasteiger partial charge in [-0.15, -0.1) is 0 Å². The molecule has 1 aliphatic rings. The van der Waals surface area contributed by atoms with Crippen LogP contribution in [0.3, 0.4) is 0 Å². The molecule has 2 N–H and O–H groups in total. The first-order valence-electron chi connectivity index (χ1n) is 7.90. The van der Waals surface area contributed by atoms with E-state index in [2.05, 4.69) is 10.3 Å². The van der Waals surface area contributed by atoms with E-state index < -0.39 is 6.10 Å². The number of likely N-dealkylation sites (tertiary alicyclic amines) is 1. The lowest BCUT2D eigenvalue weighted by atomic mass is 10.0. The summed E-state index contributed by atoms with van der Waals surface area (Å²) in [5.74, 6) is -0.0995. The number of aliphatic hydroxyl groups is 1. The summed E-state index contributed by atoms with van der Waals surface area (Å²) >= 11 is 0. The van der Waals surface area contributed by atoms with Crippen molar-refractivity contribution in [3.05, 3.63) is 59.5 Å². The van der Waals surface area contributed by atoms with E-state index in [1.54, 1.807) is 29.2 Å². The van der Waals surface area contributed by atoms with Gasteiger partial charge in [-0.25, -0.2) is 9.37 Å². The number of halogens is 1. The molecule has 6 nitrogen and oxygen atoms in total. The zero-order valence-electron chi connectivity index (χ0n) is 13.4. The largest absolute Gasteiger partial charge is 0.391 e. The highest BCUT2D eigenvalue weighted by molar-refractivity contribution is 5.81. The van der Waals surface area contributed by atoms with E-state index in [4.69, 9.17) is 5.26 Å². The molecule has 1 fully saturated rings. The molecule has 25 heavy (non-hydrogen) atoms. The summed E-state index contributed by atoms with van der Waals surface area (Å²) < 4.78 is 13.5. The van der Waals surface area contributed by atoms with E-state index in [1.807, 2.05) is 6.07 Å². The van der Waals surface area contributed by atoms with E-state index in [1.165, 1.54) is 18.3 Å². The average molecular weight is 340 g/mol. The third kappa shape index (κ3) is 3.92. The number of rotatable bonds is 4. The van der Waals surface area contributed by atoms with Crippen LogP contribution in [-0.4, -0.2) is 40.1 Å². The van der Waals surface area contributed by atoms with Gasteiger partial charge < -0.3 is 15.3 Å². The minimum absolute atomic E-state index is 0.00254. The standard InChI is InChI=1S/C18H17FN4O2/c19-14-3-1-2-13(6-14)16-7-15(24)11-23(16)18(25)10-22-17-5-4-12(8-20)9-21-17/h1-6,9,15-16,24H,7,10-11H2,(H,21,22)/t15-,16+/m1/s1. The summed E-state index contributed by atoms with van der Waals surface area (Å²) in [5, 5.41) is 21.6. The highest BCUT2D eigenvalue weighted by Gasteiger charge is 2.35. The molecular weight excluding hydrogens is 323 g/mol. The van der Waals surface area contributed by atoms with Crippen LogP contribution in [0.2, 0.25) is 0 Å². The fourth-order valence-electron chi connectivity index (χ4n) is 2.95. The van der Waals surface area contributed by atoms with Gasteiger partial charge in [-0.3, -0.25) is 4.79 Å². The third-order valence-electron chi connectivity index (χ3n) is 4.15. The Bertz CT molecular complexity index is 803. The molecule has 128 valence electrons. The summed E-state index contributed by atoms with van der Waals surface area (Å²) in [6.07, 6.45) is 1.16. The van der Waals surface area contributed by atoms with Crippen molar-refractivity contribution in [3.8, 4) is 6.07 Å². The Balaban J connectivity index is 1.68. The molecule has 0 radical (unpaired) electrons. The van der Waals surface area contributed by atoms with Crippen LogP contribution in [0.4, 0.5) is 10.2 Å². The number of nitrogens with zero attached hydrogens (tertiary/aromatic N) is 3. The SMILES string of the molecule is N#Cc1ccc(NCC(=O)N2C[C@H](O)C[C@H]2c2cccc(F)c2)nc1.